The van der Waals surface area contributed by atoms with Crippen LogP contribution in [0, 0.1) is 0 Å². The highest BCUT2D eigenvalue weighted by atomic mass is 16.5. The summed E-state index contributed by atoms with van der Waals surface area (Å²) in [5.41, 5.74) is 0. The van der Waals surface area contributed by atoms with Gasteiger partial charge in [-0.05, 0) is 20.4 Å². The van der Waals surface area contributed by atoms with Crippen LogP contribution in [0.4, 0.5) is 0 Å². The third-order valence-corrected chi connectivity index (χ3v) is 2.73. The van der Waals surface area contributed by atoms with E-state index < -0.39 is 0 Å². The average Bonchev–Trinajstić information content (AvgIpc) is 2.61. The summed E-state index contributed by atoms with van der Waals surface area (Å²) in [6.45, 7) is 3.47. The van der Waals surface area contributed by atoms with Crippen molar-refractivity contribution in [3.8, 4) is 0 Å². The van der Waals surface area contributed by atoms with Crippen LogP contribution in [0.5, 0.6) is 0 Å². The number of aliphatic hydroxyl groups excluding tert-OH is 1. The minimum atomic E-state index is -0.0503. The molecule has 1 saturated heterocycles. The molecule has 88 valence electrons. The van der Waals surface area contributed by atoms with E-state index in [0.29, 0.717) is 19.1 Å². The molecule has 5 nitrogen and oxygen atoms in total. The van der Waals surface area contributed by atoms with E-state index in [-0.39, 0.29) is 18.6 Å². The van der Waals surface area contributed by atoms with Crippen molar-refractivity contribution in [1.29, 1.82) is 0 Å². The van der Waals surface area contributed by atoms with Crippen LogP contribution in [-0.4, -0.2) is 61.4 Å². The second-order valence-electron chi connectivity index (χ2n) is 3.92. The molecule has 5 heteroatoms. The first kappa shape index (κ1) is 12.4. The van der Waals surface area contributed by atoms with Crippen molar-refractivity contribution >= 4 is 5.91 Å². The number of likely N-dealkylation sites (N-methyl/N-ethyl adjacent to an activating group) is 1. The van der Waals surface area contributed by atoms with Crippen molar-refractivity contribution in [3.05, 3.63) is 0 Å². The minimum absolute atomic E-state index is 0.0155. The average molecular weight is 216 g/mol. The molecule has 1 heterocycles. The summed E-state index contributed by atoms with van der Waals surface area (Å²) in [6.07, 6.45) is 1.17. The van der Waals surface area contributed by atoms with Crippen molar-refractivity contribution in [2.24, 2.45) is 0 Å². The predicted octanol–water partition coefficient (Wildman–Crippen LogP) is -0.796. The van der Waals surface area contributed by atoms with Gasteiger partial charge in [-0.25, -0.2) is 0 Å². The largest absolute Gasteiger partial charge is 0.395 e. The summed E-state index contributed by atoms with van der Waals surface area (Å²) in [7, 11) is 1.92. The van der Waals surface area contributed by atoms with Crippen LogP contribution in [0.15, 0.2) is 0 Å². The molecule has 0 aromatic carbocycles. The first-order valence-electron chi connectivity index (χ1n) is 5.34. The van der Waals surface area contributed by atoms with Gasteiger partial charge in [-0.2, -0.15) is 0 Å². The number of hydrogen-bond donors (Lipinski definition) is 2. The molecule has 1 aliphatic rings. The van der Waals surface area contributed by atoms with E-state index in [2.05, 4.69) is 5.32 Å². The Hall–Kier alpha value is -0.650. The fourth-order valence-electron chi connectivity index (χ4n) is 1.89. The highest BCUT2D eigenvalue weighted by Gasteiger charge is 2.28. The highest BCUT2D eigenvalue weighted by molar-refractivity contribution is 5.77. The third-order valence-electron chi connectivity index (χ3n) is 2.73. The Morgan fingerprint density at radius 3 is 2.93 bits per heavy atom. The van der Waals surface area contributed by atoms with Gasteiger partial charge < -0.3 is 15.2 Å². The van der Waals surface area contributed by atoms with E-state index in [9.17, 15) is 4.79 Å². The molecule has 0 spiro atoms. The van der Waals surface area contributed by atoms with Gasteiger partial charge in [0.05, 0.1) is 19.3 Å². The highest BCUT2D eigenvalue weighted by Crippen LogP contribution is 2.17. The minimum Gasteiger partial charge on any atom is -0.395 e. The van der Waals surface area contributed by atoms with Crippen molar-refractivity contribution < 1.29 is 14.6 Å². The normalized spacial score (nSPS) is 25.9. The van der Waals surface area contributed by atoms with Crippen LogP contribution in [0.1, 0.15) is 13.3 Å². The number of ether oxygens (including phenoxy) is 1. The molecule has 0 aromatic heterocycles. The topological polar surface area (TPSA) is 61.8 Å². The summed E-state index contributed by atoms with van der Waals surface area (Å²) in [5.74, 6) is -0.0503. The molecule has 0 aromatic rings. The van der Waals surface area contributed by atoms with Crippen molar-refractivity contribution in [1.82, 2.24) is 10.2 Å². The van der Waals surface area contributed by atoms with Crippen molar-refractivity contribution in [2.75, 3.05) is 33.4 Å². The van der Waals surface area contributed by atoms with Crippen LogP contribution in [0.3, 0.4) is 0 Å². The Kier molecular flexibility index (Phi) is 5.01. The second kappa shape index (κ2) is 6.05. The molecule has 2 unspecified atom stereocenters. The molecule has 0 bridgehead atoms. The molecule has 0 radical (unpaired) electrons. The number of nitrogens with one attached hydrogen (secondary N) is 1. The fraction of sp³-hybridized carbons (Fsp3) is 0.900. The maximum absolute atomic E-state index is 11.4. The summed E-state index contributed by atoms with van der Waals surface area (Å²) in [5, 5.41) is 11.2. The number of nitrogens with zero attached hydrogens (tertiary/aromatic N) is 1. The first-order chi connectivity index (χ1) is 7.15. The summed E-state index contributed by atoms with van der Waals surface area (Å²) >= 11 is 0. The van der Waals surface area contributed by atoms with E-state index in [1.807, 2.05) is 18.9 Å². The van der Waals surface area contributed by atoms with Gasteiger partial charge in [0, 0.05) is 19.2 Å². The maximum Gasteiger partial charge on any atom is 0.234 e. The molecule has 1 amide bonds. The summed E-state index contributed by atoms with van der Waals surface area (Å²) in [4.78, 5) is 13.4. The molecule has 2 N–H and O–H groups in total. The molecule has 2 atom stereocenters. The molecule has 1 fully saturated rings. The Labute approximate surface area is 90.4 Å². The number of amides is 1. The lowest BCUT2D eigenvalue weighted by molar-refractivity contribution is -0.122. The Morgan fingerprint density at radius 2 is 2.40 bits per heavy atom. The second-order valence-corrected chi connectivity index (χ2v) is 3.92. The van der Waals surface area contributed by atoms with E-state index in [1.165, 1.54) is 0 Å². The maximum atomic E-state index is 11.4. The molecule has 1 aliphatic heterocycles. The van der Waals surface area contributed by atoms with Gasteiger partial charge in [0.1, 0.15) is 0 Å². The van der Waals surface area contributed by atoms with E-state index in [4.69, 9.17) is 9.84 Å². The van der Waals surface area contributed by atoms with Gasteiger partial charge in [0.15, 0.2) is 0 Å². The number of hydrogen-bond acceptors (Lipinski definition) is 4. The number of carbonyl (C=O) groups excluding carboxylic acids is 1. The Bertz CT molecular complexity index is 211. The summed E-state index contributed by atoms with van der Waals surface area (Å²) in [6, 6.07) is 0.324. The van der Waals surface area contributed by atoms with Crippen LogP contribution in [0.2, 0.25) is 0 Å². The predicted molar refractivity (Wildman–Crippen MR) is 56.5 cm³/mol. The van der Waals surface area contributed by atoms with E-state index in [1.54, 1.807) is 0 Å². The number of rotatable bonds is 5. The molecular formula is C10H20N2O3. The molecular weight excluding hydrogens is 196 g/mol. The van der Waals surface area contributed by atoms with Crippen LogP contribution in [0.25, 0.3) is 0 Å². The first-order valence-corrected chi connectivity index (χ1v) is 5.34. The zero-order valence-corrected chi connectivity index (χ0v) is 9.40. The quantitative estimate of drug-likeness (QED) is 0.632. The van der Waals surface area contributed by atoms with Gasteiger partial charge in [0.25, 0.3) is 0 Å². The smallest absolute Gasteiger partial charge is 0.234 e. The lowest BCUT2D eigenvalue weighted by Gasteiger charge is -2.25. The number of aliphatic hydroxyl groups is 1. The van der Waals surface area contributed by atoms with Crippen LogP contribution in [-0.2, 0) is 9.53 Å². The van der Waals surface area contributed by atoms with E-state index in [0.717, 1.165) is 13.0 Å². The lowest BCUT2D eigenvalue weighted by Crippen LogP contribution is -2.43. The molecule has 1 rings (SSSR count). The number of carbonyl (C=O) groups is 1. The fourth-order valence-corrected chi connectivity index (χ4v) is 1.89. The monoisotopic (exact) mass is 216 g/mol. The van der Waals surface area contributed by atoms with Crippen LogP contribution >= 0.6 is 0 Å². The van der Waals surface area contributed by atoms with Crippen molar-refractivity contribution in [2.45, 2.75) is 25.5 Å². The molecule has 15 heavy (non-hydrogen) atoms. The van der Waals surface area contributed by atoms with Gasteiger partial charge in [-0.15, -0.1) is 0 Å². The van der Waals surface area contributed by atoms with Gasteiger partial charge in [-0.1, -0.05) is 0 Å². The van der Waals surface area contributed by atoms with Gasteiger partial charge >= 0.3 is 0 Å². The standard InChI is InChI=1S/C10H20N2O3/c1-8-9(3-6-15-8)12(2)7-10(14)11-4-5-13/h8-9,13H,3-7H2,1-2H3,(H,11,14). The molecule has 0 saturated carbocycles. The Balaban J connectivity index is 2.28. The summed E-state index contributed by atoms with van der Waals surface area (Å²) < 4.78 is 5.44. The van der Waals surface area contributed by atoms with Crippen molar-refractivity contribution in [3.63, 3.8) is 0 Å². The molecule has 0 aliphatic carbocycles. The lowest BCUT2D eigenvalue weighted by atomic mass is 10.1. The van der Waals surface area contributed by atoms with Gasteiger partial charge in [-0.3, -0.25) is 9.69 Å². The Morgan fingerprint density at radius 1 is 1.67 bits per heavy atom. The van der Waals surface area contributed by atoms with Crippen LogP contribution < -0.4 is 5.32 Å². The SMILES string of the molecule is CC1OCCC1N(C)CC(=O)NCCO. The zero-order valence-electron chi connectivity index (χ0n) is 9.40. The third kappa shape index (κ3) is 3.77. The van der Waals surface area contributed by atoms with Gasteiger partial charge in [0.2, 0.25) is 5.91 Å². The zero-order chi connectivity index (χ0) is 11.3. The van der Waals surface area contributed by atoms with E-state index >= 15 is 0 Å².